The van der Waals surface area contributed by atoms with Gasteiger partial charge in [-0.05, 0) is 66.2 Å². The van der Waals surface area contributed by atoms with E-state index in [-0.39, 0.29) is 11.7 Å². The first-order valence-electron chi connectivity index (χ1n) is 11.8. The fourth-order valence-corrected chi connectivity index (χ4v) is 4.19. The van der Waals surface area contributed by atoms with Crippen LogP contribution in [0.5, 0.6) is 17.2 Å². The van der Waals surface area contributed by atoms with Gasteiger partial charge in [0, 0.05) is 17.7 Å². The number of nitrogens with zero attached hydrogens (tertiary/aromatic N) is 2. The van der Waals surface area contributed by atoms with E-state index in [9.17, 15) is 9.18 Å². The summed E-state index contributed by atoms with van der Waals surface area (Å²) < 4.78 is 29.6. The highest BCUT2D eigenvalue weighted by molar-refractivity contribution is 6.11. The largest absolute Gasteiger partial charge is 0.497 e. The van der Waals surface area contributed by atoms with Crippen molar-refractivity contribution in [2.45, 2.75) is 6.54 Å². The molecule has 8 nitrogen and oxygen atoms in total. The average molecular weight is 513 g/mol. The number of benzene rings is 3. The zero-order chi connectivity index (χ0) is 26.6. The number of H-pyrrole nitrogens is 1. The minimum atomic E-state index is -0.358. The molecule has 5 aromatic rings. The Bertz CT molecular complexity index is 1600. The van der Waals surface area contributed by atoms with Crippen molar-refractivity contribution in [2.75, 3.05) is 21.3 Å². The molecule has 38 heavy (non-hydrogen) atoms. The Kier molecular flexibility index (Phi) is 6.90. The molecule has 2 heterocycles. The second-order valence-electron chi connectivity index (χ2n) is 8.46. The van der Waals surface area contributed by atoms with Gasteiger partial charge in [0.15, 0.2) is 17.1 Å². The van der Waals surface area contributed by atoms with Crippen molar-refractivity contribution in [3.8, 4) is 39.8 Å². The number of fused-ring (bicyclic) bond motifs is 1. The molecule has 0 aliphatic rings. The number of aromatic amines is 1. The zero-order valence-corrected chi connectivity index (χ0v) is 21.0. The minimum Gasteiger partial charge on any atom is -0.497 e. The van der Waals surface area contributed by atoms with Crippen molar-refractivity contribution in [3.05, 3.63) is 89.7 Å². The zero-order valence-electron chi connectivity index (χ0n) is 21.0. The number of ether oxygens (including phenoxy) is 3. The summed E-state index contributed by atoms with van der Waals surface area (Å²) in [5, 5.41) is 10.9. The maximum atomic E-state index is 13.6. The number of halogens is 1. The number of nitrogens with one attached hydrogen (secondary N) is 2. The van der Waals surface area contributed by atoms with E-state index >= 15 is 0 Å². The number of carbonyl (C=O) groups is 1. The first-order valence-corrected chi connectivity index (χ1v) is 11.8. The molecule has 0 radical (unpaired) electrons. The Morgan fingerprint density at radius 3 is 2.26 bits per heavy atom. The number of amides is 1. The number of hydrogen-bond donors (Lipinski definition) is 2. The van der Waals surface area contributed by atoms with Crippen molar-refractivity contribution >= 4 is 16.9 Å². The van der Waals surface area contributed by atoms with E-state index in [1.54, 1.807) is 51.7 Å². The summed E-state index contributed by atoms with van der Waals surface area (Å²) in [6.07, 6.45) is 0. The molecule has 5 rings (SSSR count). The standard InChI is InChI=1S/C29H25FN4O4/c1-36-21-11-4-17(5-12-21)16-31-29(35)22-15-23(19-8-13-24(37-2)25(14-19)38-3)32-28-26(22)27(33-34-28)18-6-9-20(30)10-7-18/h4-15H,16H2,1-3H3,(H,31,35)(H,32,33,34). The van der Waals surface area contributed by atoms with Gasteiger partial charge in [-0.2, -0.15) is 5.10 Å². The lowest BCUT2D eigenvalue weighted by Crippen LogP contribution is -2.23. The number of methoxy groups -OCH3 is 3. The van der Waals surface area contributed by atoms with Gasteiger partial charge in [-0.3, -0.25) is 9.89 Å². The van der Waals surface area contributed by atoms with Crippen molar-refractivity contribution in [2.24, 2.45) is 0 Å². The van der Waals surface area contributed by atoms with E-state index in [2.05, 4.69) is 15.5 Å². The van der Waals surface area contributed by atoms with Gasteiger partial charge in [0.1, 0.15) is 11.6 Å². The second-order valence-corrected chi connectivity index (χ2v) is 8.46. The van der Waals surface area contributed by atoms with E-state index in [1.165, 1.54) is 12.1 Å². The van der Waals surface area contributed by atoms with E-state index in [0.29, 0.717) is 51.6 Å². The van der Waals surface area contributed by atoms with Crippen molar-refractivity contribution in [3.63, 3.8) is 0 Å². The van der Waals surface area contributed by atoms with Gasteiger partial charge in [0.25, 0.3) is 5.91 Å². The Morgan fingerprint density at radius 2 is 1.58 bits per heavy atom. The molecule has 0 bridgehead atoms. The smallest absolute Gasteiger partial charge is 0.252 e. The molecule has 0 aliphatic heterocycles. The van der Waals surface area contributed by atoms with Gasteiger partial charge in [0.05, 0.1) is 43.7 Å². The topological polar surface area (TPSA) is 98.4 Å². The van der Waals surface area contributed by atoms with Gasteiger partial charge in [0.2, 0.25) is 0 Å². The van der Waals surface area contributed by atoms with Crippen LogP contribution in [0.25, 0.3) is 33.5 Å². The highest BCUT2D eigenvalue weighted by atomic mass is 19.1. The molecule has 1 amide bonds. The Labute approximate surface area is 218 Å². The lowest BCUT2D eigenvalue weighted by atomic mass is 10.0. The average Bonchev–Trinajstić information content (AvgIpc) is 3.39. The lowest BCUT2D eigenvalue weighted by molar-refractivity contribution is 0.0952. The first-order chi connectivity index (χ1) is 18.5. The van der Waals surface area contributed by atoms with E-state index in [1.807, 2.05) is 30.3 Å². The highest BCUT2D eigenvalue weighted by Gasteiger charge is 2.21. The number of aromatic nitrogens is 3. The molecular weight excluding hydrogens is 487 g/mol. The number of carbonyl (C=O) groups excluding carboxylic acids is 1. The monoisotopic (exact) mass is 512 g/mol. The third kappa shape index (κ3) is 4.86. The molecule has 9 heteroatoms. The van der Waals surface area contributed by atoms with Crippen LogP contribution in [-0.2, 0) is 6.54 Å². The van der Waals surface area contributed by atoms with Crippen LogP contribution in [0.15, 0.2) is 72.8 Å². The summed E-state index contributed by atoms with van der Waals surface area (Å²) in [4.78, 5) is 18.3. The lowest BCUT2D eigenvalue weighted by Gasteiger charge is -2.12. The van der Waals surface area contributed by atoms with Gasteiger partial charge < -0.3 is 19.5 Å². The van der Waals surface area contributed by atoms with Crippen LogP contribution in [0.1, 0.15) is 15.9 Å². The molecule has 0 aliphatic carbocycles. The van der Waals surface area contributed by atoms with Crippen LogP contribution >= 0.6 is 0 Å². The van der Waals surface area contributed by atoms with Gasteiger partial charge in [-0.25, -0.2) is 9.37 Å². The molecule has 0 fully saturated rings. The molecule has 3 aromatic carbocycles. The molecule has 2 N–H and O–H groups in total. The van der Waals surface area contributed by atoms with Gasteiger partial charge in [-0.1, -0.05) is 12.1 Å². The predicted octanol–water partition coefficient (Wildman–Crippen LogP) is 5.39. The molecule has 0 spiro atoms. The molecule has 0 saturated carbocycles. The molecule has 0 atom stereocenters. The van der Waals surface area contributed by atoms with Crippen molar-refractivity contribution in [1.29, 1.82) is 0 Å². The van der Waals surface area contributed by atoms with Crippen LogP contribution in [0.2, 0.25) is 0 Å². The minimum absolute atomic E-state index is 0.306. The Balaban J connectivity index is 1.59. The summed E-state index contributed by atoms with van der Waals surface area (Å²) in [5.41, 5.74) is 4.15. The van der Waals surface area contributed by atoms with E-state index in [0.717, 1.165) is 16.9 Å². The molecule has 192 valence electrons. The Morgan fingerprint density at radius 1 is 0.868 bits per heavy atom. The molecule has 0 unspecified atom stereocenters. The SMILES string of the molecule is COc1ccc(CNC(=O)c2cc(-c3ccc(OC)c(OC)c3)nc3n[nH]c(-c4ccc(F)cc4)c23)cc1. The van der Waals surface area contributed by atoms with Crippen LogP contribution in [0, 0.1) is 5.82 Å². The number of rotatable bonds is 8. The predicted molar refractivity (Wildman–Crippen MR) is 142 cm³/mol. The highest BCUT2D eigenvalue weighted by Crippen LogP contribution is 2.35. The maximum absolute atomic E-state index is 13.6. The molecular formula is C29H25FN4O4. The maximum Gasteiger partial charge on any atom is 0.252 e. The van der Waals surface area contributed by atoms with Crippen LogP contribution in [0.4, 0.5) is 4.39 Å². The summed E-state index contributed by atoms with van der Waals surface area (Å²) in [6.45, 7) is 0.308. The molecule has 2 aromatic heterocycles. The Hall–Kier alpha value is -4.92. The number of pyridine rings is 1. The second kappa shape index (κ2) is 10.6. The van der Waals surface area contributed by atoms with Gasteiger partial charge >= 0.3 is 0 Å². The summed E-state index contributed by atoms with van der Waals surface area (Å²) >= 11 is 0. The van der Waals surface area contributed by atoms with Crippen molar-refractivity contribution < 1.29 is 23.4 Å². The fraction of sp³-hybridized carbons (Fsp3) is 0.138. The first kappa shape index (κ1) is 24.8. The third-order valence-corrected chi connectivity index (χ3v) is 6.19. The van der Waals surface area contributed by atoms with Crippen LogP contribution in [0.3, 0.4) is 0 Å². The summed E-state index contributed by atoms with van der Waals surface area (Å²) in [5.74, 6) is 1.18. The van der Waals surface area contributed by atoms with Crippen LogP contribution < -0.4 is 19.5 Å². The summed E-state index contributed by atoms with van der Waals surface area (Å²) in [7, 11) is 4.72. The summed E-state index contributed by atoms with van der Waals surface area (Å²) in [6, 6.07) is 20.5. The number of hydrogen-bond acceptors (Lipinski definition) is 6. The molecule has 0 saturated heterocycles. The van der Waals surface area contributed by atoms with Gasteiger partial charge in [-0.15, -0.1) is 0 Å². The fourth-order valence-electron chi connectivity index (χ4n) is 4.19. The normalized spacial score (nSPS) is 10.8. The van der Waals surface area contributed by atoms with E-state index in [4.69, 9.17) is 19.2 Å². The quantitative estimate of drug-likeness (QED) is 0.289. The van der Waals surface area contributed by atoms with Crippen molar-refractivity contribution in [1.82, 2.24) is 20.5 Å². The van der Waals surface area contributed by atoms with E-state index < -0.39 is 0 Å². The van der Waals surface area contributed by atoms with Crippen LogP contribution in [-0.4, -0.2) is 42.4 Å². The third-order valence-electron chi connectivity index (χ3n) is 6.19.